The van der Waals surface area contributed by atoms with Crippen LogP contribution in [0.25, 0.3) is 0 Å². The second-order valence-electron chi connectivity index (χ2n) is 3.39. The maximum absolute atomic E-state index is 9.07. The van der Waals surface area contributed by atoms with Crippen molar-refractivity contribution < 1.29 is 5.21 Å². The number of hydrogen-bond donors (Lipinski definition) is 1. The first-order valence-electron chi connectivity index (χ1n) is 5.04. The van der Waals surface area contributed by atoms with Gasteiger partial charge in [0, 0.05) is 16.2 Å². The average molecular weight is 318 g/mol. The minimum absolute atomic E-state index is 0.525. The number of nitrogens with zero attached hydrogens (tertiary/aromatic N) is 1. The van der Waals surface area contributed by atoms with Crippen molar-refractivity contribution in [2.75, 3.05) is 5.75 Å². The molecule has 1 N–H and O–H groups in total. The Balaban J connectivity index is 2.10. The Hall–Kier alpha value is -0.680. The Morgan fingerprint density at radius 1 is 1.28 bits per heavy atom. The van der Waals surface area contributed by atoms with Crippen LogP contribution in [0.15, 0.2) is 46.4 Å². The summed E-state index contributed by atoms with van der Waals surface area (Å²) in [5, 5.41) is 12.4. The second kappa shape index (κ2) is 6.48. The molecule has 2 rings (SSSR count). The number of hydrogen-bond acceptors (Lipinski definition) is 4. The van der Waals surface area contributed by atoms with Gasteiger partial charge in [0.15, 0.2) is 0 Å². The largest absolute Gasteiger partial charge is 0.411 e. The Bertz CT molecular complexity index is 554. The summed E-state index contributed by atoms with van der Waals surface area (Å²) in [6.45, 7) is 0. The van der Waals surface area contributed by atoms with Crippen LogP contribution in [0.3, 0.4) is 0 Å². The summed E-state index contributed by atoms with van der Waals surface area (Å²) >= 11 is 14.8. The zero-order valence-corrected chi connectivity index (χ0v) is 12.3. The van der Waals surface area contributed by atoms with Crippen LogP contribution in [0.2, 0.25) is 8.67 Å². The van der Waals surface area contributed by atoms with E-state index in [4.69, 9.17) is 28.4 Å². The predicted molar refractivity (Wildman–Crippen MR) is 79.8 cm³/mol. The fourth-order valence-electron chi connectivity index (χ4n) is 1.37. The molecule has 0 atom stereocenters. The van der Waals surface area contributed by atoms with Crippen molar-refractivity contribution in [3.05, 3.63) is 50.6 Å². The lowest BCUT2D eigenvalue weighted by Crippen LogP contribution is -2.03. The molecule has 0 radical (unpaired) electrons. The van der Waals surface area contributed by atoms with Gasteiger partial charge in [-0.25, -0.2) is 0 Å². The fraction of sp³-hybridized carbons (Fsp3) is 0.0833. The Morgan fingerprint density at radius 2 is 2.00 bits per heavy atom. The first kappa shape index (κ1) is 13.7. The molecule has 0 saturated carbocycles. The van der Waals surface area contributed by atoms with Gasteiger partial charge < -0.3 is 5.21 Å². The highest BCUT2D eigenvalue weighted by Gasteiger charge is 2.13. The molecule has 0 bridgehead atoms. The molecule has 0 aliphatic rings. The molecule has 0 fully saturated rings. The van der Waals surface area contributed by atoms with Crippen LogP contribution in [0.5, 0.6) is 0 Å². The number of thiophene rings is 1. The molecule has 2 aromatic rings. The highest BCUT2D eigenvalue weighted by molar-refractivity contribution is 8.00. The first-order valence-corrected chi connectivity index (χ1v) is 7.60. The Kier molecular flexibility index (Phi) is 4.95. The van der Waals surface area contributed by atoms with Crippen molar-refractivity contribution in [3.8, 4) is 0 Å². The number of rotatable bonds is 4. The van der Waals surface area contributed by atoms with Crippen LogP contribution >= 0.6 is 46.3 Å². The summed E-state index contributed by atoms with van der Waals surface area (Å²) in [4.78, 5) is 1.11. The van der Waals surface area contributed by atoms with Gasteiger partial charge in [0.2, 0.25) is 0 Å². The quantitative estimate of drug-likeness (QED) is 0.371. The molecule has 2 nitrogen and oxygen atoms in total. The average Bonchev–Trinajstić information content (AvgIpc) is 2.71. The van der Waals surface area contributed by atoms with Gasteiger partial charge in [-0.15, -0.1) is 23.1 Å². The number of benzene rings is 1. The van der Waals surface area contributed by atoms with Crippen LogP contribution < -0.4 is 0 Å². The monoisotopic (exact) mass is 317 g/mol. The smallest absolute Gasteiger partial charge is 0.104 e. The van der Waals surface area contributed by atoms with Crippen molar-refractivity contribution in [3.63, 3.8) is 0 Å². The summed E-state index contributed by atoms with van der Waals surface area (Å²) < 4.78 is 1.13. The zero-order chi connectivity index (χ0) is 13.0. The minimum atomic E-state index is 0.525. The maximum atomic E-state index is 9.07. The van der Waals surface area contributed by atoms with Crippen molar-refractivity contribution in [2.45, 2.75) is 4.90 Å². The highest BCUT2D eigenvalue weighted by atomic mass is 35.5. The number of oxime groups is 1. The van der Waals surface area contributed by atoms with Crippen molar-refractivity contribution in [2.24, 2.45) is 5.16 Å². The molecule has 1 aromatic carbocycles. The van der Waals surface area contributed by atoms with E-state index in [0.29, 0.717) is 25.7 Å². The number of halogens is 2. The SMILES string of the molecule is O/N=C(\CSc1ccccc1)c1cc(Cl)sc1Cl. The van der Waals surface area contributed by atoms with Crippen molar-refractivity contribution >= 4 is 52.0 Å². The molecule has 0 unspecified atom stereocenters. The summed E-state index contributed by atoms with van der Waals surface area (Å²) in [6, 6.07) is 11.6. The molecule has 0 saturated heterocycles. The van der Waals surface area contributed by atoms with E-state index in [1.807, 2.05) is 30.3 Å². The predicted octanol–water partition coefficient (Wildman–Crippen LogP) is 5.03. The minimum Gasteiger partial charge on any atom is -0.411 e. The van der Waals surface area contributed by atoms with Crippen molar-refractivity contribution in [1.82, 2.24) is 0 Å². The molecule has 0 amide bonds. The van der Waals surface area contributed by atoms with Crippen LogP contribution in [-0.4, -0.2) is 16.7 Å². The van der Waals surface area contributed by atoms with Crippen LogP contribution in [0.4, 0.5) is 0 Å². The summed E-state index contributed by atoms with van der Waals surface area (Å²) in [5.74, 6) is 0.535. The van der Waals surface area contributed by atoms with Crippen LogP contribution in [0, 0.1) is 0 Å². The maximum Gasteiger partial charge on any atom is 0.104 e. The van der Waals surface area contributed by atoms with Crippen LogP contribution in [0.1, 0.15) is 5.56 Å². The molecular weight excluding hydrogens is 309 g/mol. The fourth-order valence-corrected chi connectivity index (χ4v) is 3.74. The van der Waals surface area contributed by atoms with Gasteiger partial charge in [-0.05, 0) is 18.2 Å². The molecule has 0 spiro atoms. The van der Waals surface area contributed by atoms with Gasteiger partial charge in [-0.2, -0.15) is 0 Å². The van der Waals surface area contributed by atoms with Crippen LogP contribution in [-0.2, 0) is 0 Å². The summed E-state index contributed by atoms with van der Waals surface area (Å²) in [6.07, 6.45) is 0. The Labute approximate surface area is 123 Å². The summed E-state index contributed by atoms with van der Waals surface area (Å²) in [5.41, 5.74) is 1.22. The molecular formula is C12H9Cl2NOS2. The van der Waals surface area contributed by atoms with E-state index < -0.39 is 0 Å². The molecule has 0 aliphatic heterocycles. The van der Waals surface area contributed by atoms with E-state index in [2.05, 4.69) is 5.16 Å². The van der Waals surface area contributed by atoms with Gasteiger partial charge in [0.05, 0.1) is 10.0 Å². The molecule has 1 heterocycles. The van der Waals surface area contributed by atoms with Crippen molar-refractivity contribution in [1.29, 1.82) is 0 Å². The van der Waals surface area contributed by atoms with Gasteiger partial charge in [0.1, 0.15) is 4.34 Å². The van der Waals surface area contributed by atoms with E-state index in [1.54, 1.807) is 17.8 Å². The zero-order valence-electron chi connectivity index (χ0n) is 9.14. The lowest BCUT2D eigenvalue weighted by atomic mass is 10.2. The third-order valence-corrected chi connectivity index (χ3v) is 4.72. The normalized spacial score (nSPS) is 11.8. The highest BCUT2D eigenvalue weighted by Crippen LogP contribution is 2.32. The number of thioether (sulfide) groups is 1. The molecule has 6 heteroatoms. The van der Waals surface area contributed by atoms with Gasteiger partial charge >= 0.3 is 0 Å². The standard InChI is InChI=1S/C12H9Cl2NOS2/c13-11-6-9(12(14)18-11)10(15-16)7-17-8-4-2-1-3-5-8/h1-6,16H,7H2/b15-10+. The molecule has 1 aromatic heterocycles. The third-order valence-electron chi connectivity index (χ3n) is 2.21. The molecule has 94 valence electrons. The lowest BCUT2D eigenvalue weighted by molar-refractivity contribution is 0.319. The molecule has 18 heavy (non-hydrogen) atoms. The Morgan fingerprint density at radius 3 is 2.56 bits per heavy atom. The van der Waals surface area contributed by atoms with Gasteiger partial charge in [-0.1, -0.05) is 46.6 Å². The van der Waals surface area contributed by atoms with Gasteiger partial charge in [-0.3, -0.25) is 0 Å². The van der Waals surface area contributed by atoms with E-state index in [-0.39, 0.29) is 0 Å². The molecule has 0 aliphatic carbocycles. The van der Waals surface area contributed by atoms with E-state index in [1.165, 1.54) is 11.3 Å². The third kappa shape index (κ3) is 3.42. The first-order chi connectivity index (χ1) is 8.70. The van der Waals surface area contributed by atoms with E-state index in [0.717, 1.165) is 4.90 Å². The van der Waals surface area contributed by atoms with E-state index in [9.17, 15) is 0 Å². The van der Waals surface area contributed by atoms with E-state index >= 15 is 0 Å². The topological polar surface area (TPSA) is 32.6 Å². The second-order valence-corrected chi connectivity index (χ2v) is 6.72. The van der Waals surface area contributed by atoms with Gasteiger partial charge in [0.25, 0.3) is 0 Å². The lowest BCUT2D eigenvalue weighted by Gasteiger charge is -2.03. The summed E-state index contributed by atoms with van der Waals surface area (Å²) in [7, 11) is 0.